The van der Waals surface area contributed by atoms with Gasteiger partial charge in [-0.3, -0.25) is 14.8 Å². The molecule has 2 aromatic carbocycles. The maximum absolute atomic E-state index is 13.2. The molecule has 0 radical (unpaired) electrons. The Balaban J connectivity index is 1.95. The topological polar surface area (TPSA) is 63.1 Å². The molecule has 0 aliphatic carbocycles. The molecule has 3 aromatic rings. The molecule has 0 fully saturated rings. The van der Waals surface area contributed by atoms with Crippen LogP contribution in [0, 0.1) is 5.82 Å². The summed E-state index contributed by atoms with van der Waals surface area (Å²) in [7, 11) is 3.50. The Morgan fingerprint density at radius 3 is 2.46 bits per heavy atom. The third-order valence-corrected chi connectivity index (χ3v) is 4.36. The van der Waals surface area contributed by atoms with Gasteiger partial charge in [0.15, 0.2) is 11.0 Å². The van der Waals surface area contributed by atoms with Crippen molar-refractivity contribution in [3.8, 4) is 17.1 Å². The highest BCUT2D eigenvalue weighted by atomic mass is 32.2. The Hall–Kier alpha value is -2.71. The summed E-state index contributed by atoms with van der Waals surface area (Å²) in [6.45, 7) is 0. The van der Waals surface area contributed by atoms with Crippen molar-refractivity contribution in [1.82, 2.24) is 25.2 Å². The molecule has 0 saturated carbocycles. The minimum Gasteiger partial charge on any atom is -0.289 e. The van der Waals surface area contributed by atoms with Gasteiger partial charge in [0.05, 0.1) is 5.75 Å². The quantitative estimate of drug-likeness (QED) is 0.533. The molecule has 8 heteroatoms. The third-order valence-electron chi connectivity index (χ3n) is 3.43. The van der Waals surface area contributed by atoms with Crippen LogP contribution >= 0.6 is 11.8 Å². The normalized spacial score (nSPS) is 10.9. The molecule has 0 saturated heterocycles. The minimum atomic E-state index is -0.311. The van der Waals surface area contributed by atoms with Crippen LogP contribution in [-0.2, 0) is 4.79 Å². The lowest BCUT2D eigenvalue weighted by Gasteiger charge is -2.12. The Bertz CT molecular complexity index is 880. The van der Waals surface area contributed by atoms with E-state index in [0.717, 1.165) is 11.3 Å². The first-order chi connectivity index (χ1) is 12.5. The molecule has 3 rings (SSSR count). The zero-order chi connectivity index (χ0) is 18.5. The number of rotatable bonds is 6. The first kappa shape index (κ1) is 18.1. The summed E-state index contributed by atoms with van der Waals surface area (Å²) in [4.78, 5) is 11.9. The van der Waals surface area contributed by atoms with Crippen molar-refractivity contribution in [2.45, 2.75) is 5.16 Å². The van der Waals surface area contributed by atoms with Gasteiger partial charge in [-0.15, -0.1) is 10.2 Å². The summed E-state index contributed by atoms with van der Waals surface area (Å²) in [5.41, 5.74) is 4.30. The van der Waals surface area contributed by atoms with Crippen molar-refractivity contribution >= 4 is 17.7 Å². The molecule has 1 N–H and O–H groups in total. The Labute approximate surface area is 155 Å². The van der Waals surface area contributed by atoms with E-state index < -0.39 is 0 Å². The number of carbonyl (C=O) groups excluding carboxylic acids is 1. The van der Waals surface area contributed by atoms with Crippen molar-refractivity contribution in [1.29, 1.82) is 0 Å². The van der Waals surface area contributed by atoms with Gasteiger partial charge < -0.3 is 0 Å². The molecule has 1 heterocycles. The molecule has 134 valence electrons. The van der Waals surface area contributed by atoms with E-state index in [1.807, 2.05) is 34.9 Å². The number of aromatic nitrogens is 3. The van der Waals surface area contributed by atoms with E-state index >= 15 is 0 Å². The standard InChI is InChI=1S/C18H18FN5OS/c1-23(2)22-16(25)12-26-18-21-20-17(13-8-10-14(19)11-9-13)24(18)15-6-4-3-5-7-15/h3-11H,12H2,1-2H3,(H,22,25). The van der Waals surface area contributed by atoms with Crippen LogP contribution in [0.3, 0.4) is 0 Å². The van der Waals surface area contributed by atoms with Gasteiger partial charge in [-0.2, -0.15) is 0 Å². The average molecular weight is 371 g/mol. The van der Waals surface area contributed by atoms with Crippen LogP contribution in [0.2, 0.25) is 0 Å². The van der Waals surface area contributed by atoms with E-state index in [0.29, 0.717) is 11.0 Å². The number of hydrogen-bond donors (Lipinski definition) is 1. The van der Waals surface area contributed by atoms with Crippen molar-refractivity contribution in [2.24, 2.45) is 0 Å². The molecule has 0 unspecified atom stereocenters. The number of carbonyl (C=O) groups is 1. The van der Waals surface area contributed by atoms with Gasteiger partial charge in [-0.05, 0) is 36.4 Å². The van der Waals surface area contributed by atoms with E-state index in [4.69, 9.17) is 0 Å². The zero-order valence-electron chi connectivity index (χ0n) is 14.4. The fourth-order valence-electron chi connectivity index (χ4n) is 2.37. The van der Waals surface area contributed by atoms with Gasteiger partial charge in [0.1, 0.15) is 5.82 Å². The molecule has 0 aliphatic rings. The average Bonchev–Trinajstić information content (AvgIpc) is 3.05. The Morgan fingerprint density at radius 2 is 1.81 bits per heavy atom. The highest BCUT2D eigenvalue weighted by molar-refractivity contribution is 7.99. The number of benzene rings is 2. The van der Waals surface area contributed by atoms with Crippen LogP contribution in [0.4, 0.5) is 4.39 Å². The number of nitrogens with zero attached hydrogens (tertiary/aromatic N) is 4. The van der Waals surface area contributed by atoms with Crippen LogP contribution in [-0.4, -0.2) is 45.5 Å². The maximum atomic E-state index is 13.2. The summed E-state index contributed by atoms with van der Waals surface area (Å²) in [5.74, 6) is 0.346. The van der Waals surface area contributed by atoms with E-state index in [9.17, 15) is 9.18 Å². The molecular weight excluding hydrogens is 353 g/mol. The number of thioether (sulfide) groups is 1. The predicted octanol–water partition coefficient (Wildman–Crippen LogP) is 2.76. The van der Waals surface area contributed by atoms with Gasteiger partial charge in [0, 0.05) is 25.3 Å². The van der Waals surface area contributed by atoms with E-state index in [-0.39, 0.29) is 17.5 Å². The number of hydrazine groups is 1. The molecule has 0 atom stereocenters. The second-order valence-corrected chi connectivity index (χ2v) is 6.64. The van der Waals surface area contributed by atoms with Gasteiger partial charge in [-0.1, -0.05) is 30.0 Å². The van der Waals surface area contributed by atoms with E-state index in [1.54, 1.807) is 31.2 Å². The van der Waals surface area contributed by atoms with Crippen LogP contribution in [0.5, 0.6) is 0 Å². The first-order valence-electron chi connectivity index (χ1n) is 7.91. The molecule has 0 bridgehead atoms. The highest BCUT2D eigenvalue weighted by Crippen LogP contribution is 2.27. The number of halogens is 1. The minimum absolute atomic E-state index is 0.133. The lowest BCUT2D eigenvalue weighted by atomic mass is 10.2. The summed E-state index contributed by atoms with van der Waals surface area (Å²) in [6, 6.07) is 15.7. The van der Waals surface area contributed by atoms with Crippen LogP contribution in [0.15, 0.2) is 59.8 Å². The van der Waals surface area contributed by atoms with E-state index in [1.165, 1.54) is 23.9 Å². The van der Waals surface area contributed by atoms with Crippen LogP contribution in [0.1, 0.15) is 0 Å². The van der Waals surface area contributed by atoms with Crippen molar-refractivity contribution in [3.63, 3.8) is 0 Å². The van der Waals surface area contributed by atoms with Gasteiger partial charge in [-0.25, -0.2) is 9.40 Å². The number of nitrogens with one attached hydrogen (secondary N) is 1. The first-order valence-corrected chi connectivity index (χ1v) is 8.89. The largest absolute Gasteiger partial charge is 0.289 e. The SMILES string of the molecule is CN(C)NC(=O)CSc1nnc(-c2ccc(F)cc2)n1-c1ccccc1. The Morgan fingerprint density at radius 1 is 1.12 bits per heavy atom. The lowest BCUT2D eigenvalue weighted by Crippen LogP contribution is -2.37. The van der Waals surface area contributed by atoms with Gasteiger partial charge in [0.2, 0.25) is 5.91 Å². The van der Waals surface area contributed by atoms with Crippen LogP contribution in [0.25, 0.3) is 17.1 Å². The fraction of sp³-hybridized carbons (Fsp3) is 0.167. The van der Waals surface area contributed by atoms with Crippen molar-refractivity contribution in [3.05, 3.63) is 60.4 Å². The highest BCUT2D eigenvalue weighted by Gasteiger charge is 2.17. The van der Waals surface area contributed by atoms with Gasteiger partial charge in [0.25, 0.3) is 0 Å². The van der Waals surface area contributed by atoms with Crippen LogP contribution < -0.4 is 5.43 Å². The molecule has 6 nitrogen and oxygen atoms in total. The number of amides is 1. The number of hydrogen-bond acceptors (Lipinski definition) is 5. The summed E-state index contributed by atoms with van der Waals surface area (Å²) < 4.78 is 15.1. The number of para-hydroxylation sites is 1. The molecule has 1 amide bonds. The predicted molar refractivity (Wildman–Crippen MR) is 99.3 cm³/mol. The molecule has 0 spiro atoms. The smallest absolute Gasteiger partial charge is 0.244 e. The second kappa shape index (κ2) is 8.11. The third kappa shape index (κ3) is 4.27. The fourth-order valence-corrected chi connectivity index (χ4v) is 3.12. The summed E-state index contributed by atoms with van der Waals surface area (Å²) in [5, 5.41) is 10.7. The molecular formula is C18H18FN5OS. The van der Waals surface area contributed by atoms with Crippen molar-refractivity contribution in [2.75, 3.05) is 19.8 Å². The van der Waals surface area contributed by atoms with E-state index in [2.05, 4.69) is 15.6 Å². The second-order valence-electron chi connectivity index (χ2n) is 5.70. The maximum Gasteiger partial charge on any atom is 0.244 e. The molecule has 0 aliphatic heterocycles. The Kier molecular flexibility index (Phi) is 5.65. The van der Waals surface area contributed by atoms with Gasteiger partial charge >= 0.3 is 0 Å². The van der Waals surface area contributed by atoms with Crippen molar-refractivity contribution < 1.29 is 9.18 Å². The lowest BCUT2D eigenvalue weighted by molar-refractivity contribution is -0.122. The zero-order valence-corrected chi connectivity index (χ0v) is 15.2. The summed E-state index contributed by atoms with van der Waals surface area (Å²) >= 11 is 1.29. The summed E-state index contributed by atoms with van der Waals surface area (Å²) in [6.07, 6.45) is 0. The monoisotopic (exact) mass is 371 g/mol. The molecule has 26 heavy (non-hydrogen) atoms. The molecule has 1 aromatic heterocycles.